The summed E-state index contributed by atoms with van der Waals surface area (Å²) in [5, 5.41) is 13.5. The number of aryl methyl sites for hydroxylation is 1. The molecule has 0 aliphatic carbocycles. The number of aromatic nitrogens is 4. The highest BCUT2D eigenvalue weighted by molar-refractivity contribution is 5.47. The summed E-state index contributed by atoms with van der Waals surface area (Å²) in [6.07, 6.45) is -3.61. The Morgan fingerprint density at radius 2 is 1.91 bits per heavy atom. The number of aliphatic hydroxyl groups excluding tert-OH is 1. The Balaban J connectivity index is 1.67. The topological polar surface area (TPSA) is 69.8 Å². The molecule has 1 aliphatic rings. The van der Waals surface area contributed by atoms with E-state index in [0.29, 0.717) is 37.7 Å². The predicted octanol–water partition coefficient (Wildman–Crippen LogP) is 0.478. The third kappa shape index (κ3) is 3.37. The number of hydrogen-bond donors (Lipinski definition) is 1. The van der Waals surface area contributed by atoms with Crippen molar-refractivity contribution in [3.05, 3.63) is 18.2 Å². The van der Waals surface area contributed by atoms with Gasteiger partial charge in [0.05, 0.1) is 12.4 Å². The van der Waals surface area contributed by atoms with Gasteiger partial charge in [0.1, 0.15) is 5.82 Å². The smallest absolute Gasteiger partial charge is 0.382 e. The van der Waals surface area contributed by atoms with Crippen LogP contribution < -0.4 is 4.90 Å². The monoisotopic (exact) mass is 330 g/mol. The Labute approximate surface area is 130 Å². The van der Waals surface area contributed by atoms with Crippen LogP contribution in [0.4, 0.5) is 19.0 Å². The zero-order chi connectivity index (χ0) is 16.6. The normalized spacial score (nSPS) is 18.6. The van der Waals surface area contributed by atoms with Crippen LogP contribution in [0.25, 0.3) is 5.65 Å². The number of aliphatic hydroxyl groups is 1. The van der Waals surface area contributed by atoms with Crippen LogP contribution in [0, 0.1) is 6.92 Å². The van der Waals surface area contributed by atoms with Gasteiger partial charge in [-0.2, -0.15) is 17.7 Å². The van der Waals surface area contributed by atoms with Crippen molar-refractivity contribution >= 4 is 11.5 Å². The maximum atomic E-state index is 12.4. The van der Waals surface area contributed by atoms with E-state index in [1.807, 2.05) is 4.90 Å². The van der Waals surface area contributed by atoms with Crippen LogP contribution in [-0.4, -0.2) is 74.6 Å². The summed E-state index contributed by atoms with van der Waals surface area (Å²) in [7, 11) is 0. The molecule has 23 heavy (non-hydrogen) atoms. The molecule has 3 heterocycles. The van der Waals surface area contributed by atoms with Gasteiger partial charge in [-0.25, -0.2) is 4.98 Å². The van der Waals surface area contributed by atoms with Gasteiger partial charge in [-0.3, -0.25) is 9.88 Å². The zero-order valence-electron chi connectivity index (χ0n) is 12.5. The Hall–Kier alpha value is -1.94. The van der Waals surface area contributed by atoms with Crippen molar-refractivity contribution in [1.29, 1.82) is 0 Å². The fraction of sp³-hybridized carbons (Fsp3) is 0.615. The molecule has 3 rings (SSSR count). The molecule has 7 nitrogen and oxygen atoms in total. The molecule has 0 aromatic carbocycles. The first kappa shape index (κ1) is 15.9. The maximum absolute atomic E-state index is 12.4. The highest BCUT2D eigenvalue weighted by Gasteiger charge is 2.39. The van der Waals surface area contributed by atoms with Gasteiger partial charge < -0.3 is 10.0 Å². The number of fused-ring (bicyclic) bond motifs is 1. The van der Waals surface area contributed by atoms with E-state index in [0.717, 1.165) is 5.82 Å². The van der Waals surface area contributed by atoms with Crippen molar-refractivity contribution in [3.63, 3.8) is 0 Å². The van der Waals surface area contributed by atoms with Crippen LogP contribution >= 0.6 is 0 Å². The zero-order valence-corrected chi connectivity index (χ0v) is 12.5. The number of β-amino-alcohol motifs (C(OH)–C–C–N with tert-alkyl or cyclic N) is 1. The average Bonchev–Trinajstić information content (AvgIpc) is 2.87. The van der Waals surface area contributed by atoms with Crippen molar-refractivity contribution in [3.8, 4) is 0 Å². The first-order chi connectivity index (χ1) is 10.8. The van der Waals surface area contributed by atoms with E-state index in [9.17, 15) is 13.2 Å². The Morgan fingerprint density at radius 3 is 2.57 bits per heavy atom. The van der Waals surface area contributed by atoms with Gasteiger partial charge in [-0.05, 0) is 6.92 Å². The standard InChI is InChI=1S/C13H17F3N6O/c1-9-18-11-6-17-7-12(22(11)19-9)21-4-2-20(3-5-21)8-10(23)13(14,15)16/h6-7,10,23H,2-5,8H2,1H3. The fourth-order valence-electron chi connectivity index (χ4n) is 2.63. The summed E-state index contributed by atoms with van der Waals surface area (Å²) in [5.41, 5.74) is 0.634. The molecule has 0 radical (unpaired) electrons. The number of anilines is 1. The second kappa shape index (κ2) is 5.93. The van der Waals surface area contributed by atoms with Gasteiger partial charge in [-0.1, -0.05) is 0 Å². The second-order valence-corrected chi connectivity index (χ2v) is 5.54. The van der Waals surface area contributed by atoms with E-state index < -0.39 is 18.8 Å². The quantitative estimate of drug-likeness (QED) is 0.883. The largest absolute Gasteiger partial charge is 0.415 e. The molecule has 2 aromatic heterocycles. The van der Waals surface area contributed by atoms with Crippen LogP contribution in [0.15, 0.2) is 12.4 Å². The number of piperazine rings is 1. The molecule has 1 atom stereocenters. The molecule has 1 aliphatic heterocycles. The third-order valence-corrected chi connectivity index (χ3v) is 3.84. The Morgan fingerprint density at radius 1 is 1.22 bits per heavy atom. The molecular weight excluding hydrogens is 313 g/mol. The van der Waals surface area contributed by atoms with Gasteiger partial charge in [0, 0.05) is 32.7 Å². The third-order valence-electron chi connectivity index (χ3n) is 3.84. The molecule has 0 saturated carbocycles. The number of halogens is 3. The van der Waals surface area contributed by atoms with Gasteiger partial charge in [0.2, 0.25) is 0 Å². The van der Waals surface area contributed by atoms with Crippen LogP contribution in [0.5, 0.6) is 0 Å². The van der Waals surface area contributed by atoms with Crippen LogP contribution in [0.3, 0.4) is 0 Å². The predicted molar refractivity (Wildman–Crippen MR) is 76.2 cm³/mol. The Bertz CT molecular complexity index is 680. The SMILES string of the molecule is Cc1nc2cncc(N3CCN(CC(O)C(F)(F)F)CC3)n2n1. The molecule has 10 heteroatoms. The van der Waals surface area contributed by atoms with Gasteiger partial charge >= 0.3 is 6.18 Å². The minimum atomic E-state index is -4.58. The lowest BCUT2D eigenvalue weighted by molar-refractivity contribution is -0.208. The van der Waals surface area contributed by atoms with Gasteiger partial charge in [0.25, 0.3) is 0 Å². The summed E-state index contributed by atoms with van der Waals surface area (Å²) < 4.78 is 38.9. The lowest BCUT2D eigenvalue weighted by Gasteiger charge is -2.36. The summed E-state index contributed by atoms with van der Waals surface area (Å²) in [5.74, 6) is 1.39. The van der Waals surface area contributed by atoms with E-state index in [4.69, 9.17) is 5.11 Å². The van der Waals surface area contributed by atoms with Gasteiger partial charge in [-0.15, -0.1) is 5.10 Å². The van der Waals surface area contributed by atoms with Crippen molar-refractivity contribution in [2.45, 2.75) is 19.2 Å². The fourth-order valence-corrected chi connectivity index (χ4v) is 2.63. The summed E-state index contributed by atoms with van der Waals surface area (Å²) >= 11 is 0. The molecule has 1 N–H and O–H groups in total. The first-order valence-electron chi connectivity index (χ1n) is 7.24. The van der Waals surface area contributed by atoms with Crippen molar-refractivity contribution in [2.24, 2.45) is 0 Å². The maximum Gasteiger partial charge on any atom is 0.415 e. The molecular formula is C13H17F3N6O. The minimum Gasteiger partial charge on any atom is -0.382 e. The van der Waals surface area contributed by atoms with Crippen molar-refractivity contribution in [2.75, 3.05) is 37.6 Å². The molecule has 1 fully saturated rings. The van der Waals surface area contributed by atoms with Gasteiger partial charge in [0.15, 0.2) is 17.6 Å². The summed E-state index contributed by atoms with van der Waals surface area (Å²) in [4.78, 5) is 12.0. The highest BCUT2D eigenvalue weighted by atomic mass is 19.4. The van der Waals surface area contributed by atoms with Crippen LogP contribution in [-0.2, 0) is 0 Å². The first-order valence-corrected chi connectivity index (χ1v) is 7.24. The number of nitrogens with zero attached hydrogens (tertiary/aromatic N) is 6. The molecule has 0 amide bonds. The van der Waals surface area contributed by atoms with E-state index in [2.05, 4.69) is 15.1 Å². The Kier molecular flexibility index (Phi) is 4.11. The van der Waals surface area contributed by atoms with Crippen LogP contribution in [0.1, 0.15) is 5.82 Å². The molecule has 1 saturated heterocycles. The number of hydrogen-bond acceptors (Lipinski definition) is 6. The summed E-state index contributed by atoms with van der Waals surface area (Å²) in [6, 6.07) is 0. The van der Waals surface area contributed by atoms with E-state index in [1.165, 1.54) is 0 Å². The second-order valence-electron chi connectivity index (χ2n) is 5.54. The highest BCUT2D eigenvalue weighted by Crippen LogP contribution is 2.22. The minimum absolute atomic E-state index is 0.401. The molecule has 1 unspecified atom stereocenters. The lowest BCUT2D eigenvalue weighted by Crippen LogP contribution is -2.51. The van der Waals surface area contributed by atoms with E-state index in [-0.39, 0.29) is 0 Å². The molecule has 126 valence electrons. The summed E-state index contributed by atoms with van der Waals surface area (Å²) in [6.45, 7) is 3.30. The van der Waals surface area contributed by atoms with E-state index in [1.54, 1.807) is 28.7 Å². The lowest BCUT2D eigenvalue weighted by atomic mass is 10.2. The molecule has 2 aromatic rings. The van der Waals surface area contributed by atoms with Crippen molar-refractivity contribution in [1.82, 2.24) is 24.5 Å². The van der Waals surface area contributed by atoms with E-state index >= 15 is 0 Å². The number of alkyl halides is 3. The number of rotatable bonds is 3. The molecule has 0 spiro atoms. The van der Waals surface area contributed by atoms with Crippen LogP contribution in [0.2, 0.25) is 0 Å². The average molecular weight is 330 g/mol. The molecule has 0 bridgehead atoms. The van der Waals surface area contributed by atoms with Crippen molar-refractivity contribution < 1.29 is 18.3 Å².